The van der Waals surface area contributed by atoms with Crippen LogP contribution in [0.15, 0.2) is 24.3 Å². The minimum absolute atomic E-state index is 0.956. The van der Waals surface area contributed by atoms with Gasteiger partial charge in [-0.3, -0.25) is 0 Å². The Morgan fingerprint density at radius 1 is 1.40 bits per heavy atom. The molecule has 3 rings (SSSR count). The summed E-state index contributed by atoms with van der Waals surface area (Å²) < 4.78 is 7.74. The van der Waals surface area contributed by atoms with Crippen LogP contribution in [-0.2, 0) is 13.1 Å². The van der Waals surface area contributed by atoms with E-state index in [0.29, 0.717) is 0 Å². The van der Waals surface area contributed by atoms with E-state index in [-0.39, 0.29) is 0 Å². The quantitative estimate of drug-likeness (QED) is 0.762. The first-order chi connectivity index (χ1) is 7.40. The minimum Gasteiger partial charge on any atom is -0.496 e. The fourth-order valence-corrected chi connectivity index (χ4v) is 2.31. The zero-order valence-corrected chi connectivity index (χ0v) is 8.79. The molecule has 1 aromatic carbocycles. The van der Waals surface area contributed by atoms with Gasteiger partial charge in [0.1, 0.15) is 5.75 Å². The summed E-state index contributed by atoms with van der Waals surface area (Å²) in [7, 11) is 1.73. The fourth-order valence-electron chi connectivity index (χ4n) is 2.31. The second-order valence-corrected chi connectivity index (χ2v) is 3.86. The number of aromatic nitrogens is 1. The van der Waals surface area contributed by atoms with Crippen molar-refractivity contribution in [2.75, 3.05) is 13.7 Å². The molecule has 0 fully saturated rings. The van der Waals surface area contributed by atoms with E-state index in [0.717, 1.165) is 25.4 Å². The van der Waals surface area contributed by atoms with Gasteiger partial charge in [0.05, 0.1) is 12.6 Å². The number of fused-ring (bicyclic) bond motifs is 3. The van der Waals surface area contributed by atoms with E-state index in [9.17, 15) is 0 Å². The Kier molecular flexibility index (Phi) is 1.92. The summed E-state index contributed by atoms with van der Waals surface area (Å²) in [6.45, 7) is 3.05. The zero-order chi connectivity index (χ0) is 10.3. The normalized spacial score (nSPS) is 15.3. The van der Waals surface area contributed by atoms with E-state index in [1.54, 1.807) is 7.11 Å². The van der Waals surface area contributed by atoms with Crippen LogP contribution < -0.4 is 10.1 Å². The molecule has 3 nitrogen and oxygen atoms in total. The lowest BCUT2D eigenvalue weighted by Gasteiger charge is -2.17. The van der Waals surface area contributed by atoms with Crippen molar-refractivity contribution in [1.82, 2.24) is 9.88 Å². The second kappa shape index (κ2) is 3.28. The average Bonchev–Trinajstić information content (AvgIpc) is 2.67. The molecule has 0 saturated carbocycles. The van der Waals surface area contributed by atoms with Gasteiger partial charge >= 0.3 is 0 Å². The Morgan fingerprint density at radius 2 is 2.33 bits per heavy atom. The number of benzene rings is 1. The number of nitrogens with zero attached hydrogens (tertiary/aromatic N) is 1. The highest BCUT2D eigenvalue weighted by Crippen LogP contribution is 2.29. The molecular formula is C12H14N2O. The lowest BCUT2D eigenvalue weighted by molar-refractivity contribution is 0.420. The number of rotatable bonds is 1. The monoisotopic (exact) mass is 202 g/mol. The molecule has 0 aliphatic carbocycles. The van der Waals surface area contributed by atoms with Gasteiger partial charge in [-0.25, -0.2) is 0 Å². The van der Waals surface area contributed by atoms with Gasteiger partial charge in [-0.15, -0.1) is 0 Å². The third kappa shape index (κ3) is 1.23. The standard InChI is InChI=1S/C12H14N2O/c1-15-12-4-2-3-11-10(12)7-9-8-13-5-6-14(9)11/h2-4,7,13H,5-6,8H2,1H3. The zero-order valence-electron chi connectivity index (χ0n) is 8.79. The molecule has 0 radical (unpaired) electrons. The Morgan fingerprint density at radius 3 is 3.20 bits per heavy atom. The molecule has 2 aromatic rings. The summed E-state index contributed by atoms with van der Waals surface area (Å²) in [6, 6.07) is 8.45. The van der Waals surface area contributed by atoms with Crippen molar-refractivity contribution in [3.05, 3.63) is 30.0 Å². The van der Waals surface area contributed by atoms with Crippen LogP contribution in [0.3, 0.4) is 0 Å². The SMILES string of the molecule is COc1cccc2c1cc1n2CCNC1. The van der Waals surface area contributed by atoms with Gasteiger partial charge in [0.25, 0.3) is 0 Å². The minimum atomic E-state index is 0.956. The van der Waals surface area contributed by atoms with Crippen molar-refractivity contribution in [1.29, 1.82) is 0 Å². The van der Waals surface area contributed by atoms with Crippen molar-refractivity contribution in [2.45, 2.75) is 13.1 Å². The number of nitrogens with one attached hydrogen (secondary N) is 1. The summed E-state index contributed by atoms with van der Waals surface area (Å²) in [5.74, 6) is 0.967. The summed E-state index contributed by atoms with van der Waals surface area (Å²) in [5, 5.41) is 4.60. The predicted molar refractivity (Wildman–Crippen MR) is 60.2 cm³/mol. The van der Waals surface area contributed by atoms with E-state index in [1.807, 2.05) is 6.07 Å². The number of hydrogen-bond donors (Lipinski definition) is 1. The first-order valence-electron chi connectivity index (χ1n) is 5.26. The molecule has 2 heterocycles. The van der Waals surface area contributed by atoms with Gasteiger partial charge in [-0.2, -0.15) is 0 Å². The molecule has 1 N–H and O–H groups in total. The second-order valence-electron chi connectivity index (χ2n) is 3.86. The van der Waals surface area contributed by atoms with Crippen LogP contribution in [0.2, 0.25) is 0 Å². The molecule has 78 valence electrons. The first-order valence-corrected chi connectivity index (χ1v) is 5.26. The maximum atomic E-state index is 5.37. The molecule has 3 heteroatoms. The summed E-state index contributed by atoms with van der Waals surface area (Å²) in [5.41, 5.74) is 2.63. The first kappa shape index (κ1) is 8.80. The van der Waals surface area contributed by atoms with Crippen molar-refractivity contribution < 1.29 is 4.74 Å². The maximum absolute atomic E-state index is 5.37. The molecule has 1 aliphatic heterocycles. The van der Waals surface area contributed by atoms with Gasteiger partial charge in [0.2, 0.25) is 0 Å². The molecule has 0 atom stereocenters. The van der Waals surface area contributed by atoms with Crippen molar-refractivity contribution in [3.8, 4) is 5.75 Å². The number of methoxy groups -OCH3 is 1. The van der Waals surface area contributed by atoms with Crippen LogP contribution >= 0.6 is 0 Å². The third-order valence-corrected chi connectivity index (χ3v) is 3.03. The fraction of sp³-hybridized carbons (Fsp3) is 0.333. The van der Waals surface area contributed by atoms with Gasteiger partial charge < -0.3 is 14.6 Å². The summed E-state index contributed by atoms with van der Waals surface area (Å²) >= 11 is 0. The molecule has 1 aliphatic rings. The number of hydrogen-bond acceptors (Lipinski definition) is 2. The van der Waals surface area contributed by atoms with E-state index in [1.165, 1.54) is 16.6 Å². The molecule has 0 bridgehead atoms. The van der Waals surface area contributed by atoms with Gasteiger partial charge in [0.15, 0.2) is 0 Å². The van der Waals surface area contributed by atoms with E-state index >= 15 is 0 Å². The molecule has 0 spiro atoms. The Labute approximate surface area is 88.6 Å². The highest BCUT2D eigenvalue weighted by Gasteiger charge is 2.14. The number of ether oxygens (including phenoxy) is 1. The van der Waals surface area contributed by atoms with Crippen LogP contribution in [0.4, 0.5) is 0 Å². The van der Waals surface area contributed by atoms with E-state index in [4.69, 9.17) is 4.74 Å². The lowest BCUT2D eigenvalue weighted by Crippen LogP contribution is -2.27. The highest BCUT2D eigenvalue weighted by molar-refractivity contribution is 5.87. The Bertz CT molecular complexity index is 502. The van der Waals surface area contributed by atoms with Crippen molar-refractivity contribution in [3.63, 3.8) is 0 Å². The average molecular weight is 202 g/mol. The van der Waals surface area contributed by atoms with Crippen molar-refractivity contribution >= 4 is 10.9 Å². The van der Waals surface area contributed by atoms with Crippen LogP contribution in [-0.4, -0.2) is 18.2 Å². The highest BCUT2D eigenvalue weighted by atomic mass is 16.5. The van der Waals surface area contributed by atoms with E-state index < -0.39 is 0 Å². The van der Waals surface area contributed by atoms with E-state index in [2.05, 4.69) is 28.1 Å². The molecule has 0 saturated heterocycles. The Hall–Kier alpha value is -1.48. The predicted octanol–water partition coefficient (Wildman–Crippen LogP) is 1.75. The van der Waals surface area contributed by atoms with Gasteiger partial charge in [-0.1, -0.05) is 6.07 Å². The Balaban J connectivity index is 2.31. The van der Waals surface area contributed by atoms with Crippen LogP contribution in [0.25, 0.3) is 10.9 Å². The molecule has 15 heavy (non-hydrogen) atoms. The smallest absolute Gasteiger partial charge is 0.128 e. The summed E-state index contributed by atoms with van der Waals surface area (Å²) in [6.07, 6.45) is 0. The molecule has 0 unspecified atom stereocenters. The van der Waals surface area contributed by atoms with Gasteiger partial charge in [-0.05, 0) is 18.2 Å². The maximum Gasteiger partial charge on any atom is 0.128 e. The molecular weight excluding hydrogens is 188 g/mol. The van der Waals surface area contributed by atoms with Crippen LogP contribution in [0, 0.1) is 0 Å². The lowest BCUT2D eigenvalue weighted by atomic mass is 10.2. The molecule has 1 aromatic heterocycles. The van der Waals surface area contributed by atoms with Crippen LogP contribution in [0.1, 0.15) is 5.69 Å². The topological polar surface area (TPSA) is 26.2 Å². The molecule has 0 amide bonds. The third-order valence-electron chi connectivity index (χ3n) is 3.03. The largest absolute Gasteiger partial charge is 0.496 e. The van der Waals surface area contributed by atoms with Crippen molar-refractivity contribution in [2.24, 2.45) is 0 Å². The summed E-state index contributed by atoms with van der Waals surface area (Å²) in [4.78, 5) is 0. The van der Waals surface area contributed by atoms with Gasteiger partial charge in [0, 0.05) is 30.7 Å². The van der Waals surface area contributed by atoms with Crippen LogP contribution in [0.5, 0.6) is 5.75 Å².